The van der Waals surface area contributed by atoms with Crippen LogP contribution in [0.15, 0.2) is 42.5 Å². The van der Waals surface area contributed by atoms with Gasteiger partial charge in [-0.3, -0.25) is 0 Å². The first-order chi connectivity index (χ1) is 11.0. The number of rotatable bonds is 3. The van der Waals surface area contributed by atoms with Gasteiger partial charge in [-0.1, -0.05) is 42.8 Å². The number of hydrogen-bond acceptors (Lipinski definition) is 3. The summed E-state index contributed by atoms with van der Waals surface area (Å²) < 4.78 is 5.57. The normalized spacial score (nSPS) is 13.4. The molecule has 0 heterocycles. The second-order valence-electron chi connectivity index (χ2n) is 5.91. The first-order valence-corrected chi connectivity index (χ1v) is 7.84. The summed E-state index contributed by atoms with van der Waals surface area (Å²) in [6.07, 6.45) is 5.62. The van der Waals surface area contributed by atoms with Crippen LogP contribution in [0, 0.1) is 6.92 Å². The van der Waals surface area contributed by atoms with E-state index < -0.39 is 5.97 Å². The summed E-state index contributed by atoms with van der Waals surface area (Å²) in [5.74, 6) is 0.368. The van der Waals surface area contributed by atoms with Crippen LogP contribution in [-0.4, -0.2) is 11.1 Å². The van der Waals surface area contributed by atoms with Crippen molar-refractivity contribution < 1.29 is 14.6 Å². The Labute approximate surface area is 135 Å². The highest BCUT2D eigenvalue weighted by atomic mass is 16.5. The Morgan fingerprint density at radius 1 is 1.35 bits per heavy atom. The number of aryl methyl sites for hydroxylation is 1. The minimum Gasteiger partial charge on any atom is -0.507 e. The Kier molecular flexibility index (Phi) is 3.95. The largest absolute Gasteiger partial charge is 0.507 e. The average molecular weight is 308 g/mol. The molecule has 2 aromatic rings. The molecule has 3 nitrogen and oxygen atoms in total. The zero-order valence-electron chi connectivity index (χ0n) is 13.5. The molecule has 0 saturated carbocycles. The molecule has 2 aromatic carbocycles. The first-order valence-electron chi connectivity index (χ1n) is 7.84. The van der Waals surface area contributed by atoms with E-state index in [9.17, 15) is 9.90 Å². The van der Waals surface area contributed by atoms with E-state index in [0.29, 0.717) is 24.3 Å². The summed E-state index contributed by atoms with van der Waals surface area (Å²) in [6, 6.07) is 5.79. The van der Waals surface area contributed by atoms with Crippen molar-refractivity contribution in [3.8, 4) is 11.5 Å². The highest BCUT2D eigenvalue weighted by Gasteiger charge is 2.24. The minimum atomic E-state index is -0.479. The zero-order chi connectivity index (χ0) is 16.6. The number of benzene rings is 2. The summed E-state index contributed by atoms with van der Waals surface area (Å²) in [4.78, 5) is 11.8. The van der Waals surface area contributed by atoms with Crippen molar-refractivity contribution in [2.75, 3.05) is 0 Å². The molecule has 1 aliphatic carbocycles. The Hall–Kier alpha value is -2.55. The molecule has 0 atom stereocenters. The van der Waals surface area contributed by atoms with Gasteiger partial charge in [-0.05, 0) is 32.3 Å². The molecule has 0 radical (unpaired) electrons. The molecule has 0 spiro atoms. The van der Waals surface area contributed by atoms with Crippen molar-refractivity contribution >= 4 is 16.7 Å². The molecule has 3 heteroatoms. The van der Waals surface area contributed by atoms with Crippen molar-refractivity contribution in [2.24, 2.45) is 0 Å². The summed E-state index contributed by atoms with van der Waals surface area (Å²) in [7, 11) is 0. The van der Waals surface area contributed by atoms with Crippen LogP contribution in [0.2, 0.25) is 0 Å². The van der Waals surface area contributed by atoms with Crippen LogP contribution < -0.4 is 4.74 Å². The number of carbonyl (C=O) groups excluding carboxylic acids is 1. The third kappa shape index (κ3) is 2.63. The smallest absolute Gasteiger partial charge is 0.335 e. The molecule has 1 N–H and O–H groups in total. The van der Waals surface area contributed by atoms with Crippen LogP contribution in [0.1, 0.15) is 30.0 Å². The maximum absolute atomic E-state index is 11.8. The van der Waals surface area contributed by atoms with Crippen molar-refractivity contribution in [3.05, 3.63) is 59.2 Å². The lowest BCUT2D eigenvalue weighted by Crippen LogP contribution is -2.11. The number of phenols is 1. The van der Waals surface area contributed by atoms with Gasteiger partial charge in [0.1, 0.15) is 11.5 Å². The SMILES string of the molecule is C=CC(=O)Oc1c2c(c(O)c3cc(C)ccc13)CC=C(CC)C2. The van der Waals surface area contributed by atoms with Gasteiger partial charge in [-0.25, -0.2) is 4.79 Å². The summed E-state index contributed by atoms with van der Waals surface area (Å²) in [6.45, 7) is 7.56. The maximum Gasteiger partial charge on any atom is 0.335 e. The molecule has 0 amide bonds. The van der Waals surface area contributed by atoms with Crippen molar-refractivity contribution in [3.63, 3.8) is 0 Å². The molecular formula is C20H20O3. The van der Waals surface area contributed by atoms with E-state index in [2.05, 4.69) is 19.6 Å². The second kappa shape index (κ2) is 5.92. The third-order valence-electron chi connectivity index (χ3n) is 4.42. The summed E-state index contributed by atoms with van der Waals surface area (Å²) in [5.41, 5.74) is 4.11. The van der Waals surface area contributed by atoms with Crippen LogP contribution in [0.4, 0.5) is 0 Å². The van der Waals surface area contributed by atoms with Gasteiger partial charge in [0.05, 0.1) is 0 Å². The molecule has 118 valence electrons. The number of fused-ring (bicyclic) bond motifs is 2. The number of allylic oxidation sites excluding steroid dienone is 2. The Morgan fingerprint density at radius 2 is 2.13 bits per heavy atom. The van der Waals surface area contributed by atoms with Crippen LogP contribution in [-0.2, 0) is 17.6 Å². The predicted molar refractivity (Wildman–Crippen MR) is 92.0 cm³/mol. The van der Waals surface area contributed by atoms with Gasteiger partial charge in [0.15, 0.2) is 0 Å². The number of phenolic OH excluding ortho intramolecular Hbond substituents is 1. The molecule has 0 unspecified atom stereocenters. The number of esters is 1. The summed E-state index contributed by atoms with van der Waals surface area (Å²) >= 11 is 0. The van der Waals surface area contributed by atoms with E-state index >= 15 is 0 Å². The Balaban J connectivity index is 2.31. The third-order valence-corrected chi connectivity index (χ3v) is 4.42. The molecule has 3 rings (SSSR count). The number of carbonyl (C=O) groups is 1. The Morgan fingerprint density at radius 3 is 2.83 bits per heavy atom. The fourth-order valence-corrected chi connectivity index (χ4v) is 3.14. The van der Waals surface area contributed by atoms with Gasteiger partial charge in [0.2, 0.25) is 0 Å². The molecule has 0 fully saturated rings. The monoisotopic (exact) mass is 308 g/mol. The van der Waals surface area contributed by atoms with Gasteiger partial charge in [-0.2, -0.15) is 0 Å². The van der Waals surface area contributed by atoms with E-state index in [1.165, 1.54) is 11.6 Å². The van der Waals surface area contributed by atoms with Gasteiger partial charge < -0.3 is 9.84 Å². The van der Waals surface area contributed by atoms with Crippen molar-refractivity contribution in [1.29, 1.82) is 0 Å². The number of hydrogen-bond donors (Lipinski definition) is 1. The van der Waals surface area contributed by atoms with Crippen molar-refractivity contribution in [1.82, 2.24) is 0 Å². The zero-order valence-corrected chi connectivity index (χ0v) is 13.5. The van der Waals surface area contributed by atoms with E-state index in [-0.39, 0.29) is 0 Å². The number of aromatic hydroxyl groups is 1. The predicted octanol–water partition coefficient (Wildman–Crippen LogP) is 4.38. The standard InChI is InChI=1S/C20H20O3/c1-4-13-7-9-14-17(11-13)20(23-18(21)5-2)15-8-6-12(3)10-16(15)19(14)22/h5-8,10,22H,2,4,9,11H2,1,3H3. The average Bonchev–Trinajstić information content (AvgIpc) is 2.57. The lowest BCUT2D eigenvalue weighted by atomic mass is 9.86. The fourth-order valence-electron chi connectivity index (χ4n) is 3.14. The molecule has 1 aliphatic rings. The van der Waals surface area contributed by atoms with E-state index in [1.807, 2.05) is 25.1 Å². The van der Waals surface area contributed by atoms with E-state index in [4.69, 9.17) is 4.74 Å². The topological polar surface area (TPSA) is 46.5 Å². The molecule has 0 aliphatic heterocycles. The lowest BCUT2D eigenvalue weighted by molar-refractivity contribution is -0.128. The highest BCUT2D eigenvalue weighted by molar-refractivity contribution is 5.98. The molecule has 0 aromatic heterocycles. The minimum absolute atomic E-state index is 0.295. The number of ether oxygens (including phenoxy) is 1. The van der Waals surface area contributed by atoms with Gasteiger partial charge >= 0.3 is 5.97 Å². The van der Waals surface area contributed by atoms with Crippen LogP contribution in [0.5, 0.6) is 11.5 Å². The van der Waals surface area contributed by atoms with E-state index in [0.717, 1.165) is 33.9 Å². The second-order valence-corrected chi connectivity index (χ2v) is 5.91. The molecule has 0 saturated heterocycles. The first kappa shape index (κ1) is 15.3. The molecular weight excluding hydrogens is 288 g/mol. The molecule has 0 bridgehead atoms. The van der Waals surface area contributed by atoms with Crippen molar-refractivity contribution in [2.45, 2.75) is 33.1 Å². The summed E-state index contributed by atoms with van der Waals surface area (Å²) in [5, 5.41) is 12.2. The highest BCUT2D eigenvalue weighted by Crippen LogP contribution is 2.44. The lowest BCUT2D eigenvalue weighted by Gasteiger charge is -2.23. The van der Waals surface area contributed by atoms with Gasteiger partial charge in [0.25, 0.3) is 0 Å². The van der Waals surface area contributed by atoms with Gasteiger partial charge in [0, 0.05) is 28.0 Å². The van der Waals surface area contributed by atoms with Crippen LogP contribution in [0.3, 0.4) is 0 Å². The fraction of sp³-hybridized carbons (Fsp3) is 0.250. The van der Waals surface area contributed by atoms with Gasteiger partial charge in [-0.15, -0.1) is 0 Å². The maximum atomic E-state index is 11.8. The quantitative estimate of drug-likeness (QED) is 0.396. The molecule has 23 heavy (non-hydrogen) atoms. The Bertz CT molecular complexity index is 844. The van der Waals surface area contributed by atoms with E-state index in [1.54, 1.807) is 0 Å². The van der Waals surface area contributed by atoms with Crippen LogP contribution in [0.25, 0.3) is 10.8 Å². The van der Waals surface area contributed by atoms with Crippen LogP contribution >= 0.6 is 0 Å².